The Kier molecular flexibility index (Phi) is 3.27. The Morgan fingerprint density at radius 2 is 1.90 bits per heavy atom. The van der Waals surface area contributed by atoms with E-state index in [4.69, 9.17) is 5.11 Å². The first-order chi connectivity index (χ1) is 9.99. The van der Waals surface area contributed by atoms with E-state index in [2.05, 4.69) is 6.92 Å². The predicted octanol–water partition coefficient (Wildman–Crippen LogP) is 2.56. The van der Waals surface area contributed by atoms with Crippen LogP contribution in [0.2, 0.25) is 0 Å². The summed E-state index contributed by atoms with van der Waals surface area (Å²) in [6.07, 6.45) is 3.81. The van der Waals surface area contributed by atoms with Crippen molar-refractivity contribution in [3.05, 3.63) is 34.9 Å². The summed E-state index contributed by atoms with van der Waals surface area (Å²) < 4.78 is 0. The Balaban J connectivity index is 1.94. The van der Waals surface area contributed by atoms with Gasteiger partial charge in [-0.3, -0.25) is 14.5 Å². The molecule has 21 heavy (non-hydrogen) atoms. The number of rotatable bonds is 2. The van der Waals surface area contributed by atoms with E-state index in [1.807, 2.05) is 0 Å². The topological polar surface area (TPSA) is 74.7 Å². The summed E-state index contributed by atoms with van der Waals surface area (Å²) in [4.78, 5) is 37.3. The van der Waals surface area contributed by atoms with Gasteiger partial charge in [-0.25, -0.2) is 4.79 Å². The zero-order valence-electron chi connectivity index (χ0n) is 11.8. The van der Waals surface area contributed by atoms with E-state index in [9.17, 15) is 14.4 Å². The number of amides is 2. The number of hydrogen-bond acceptors (Lipinski definition) is 3. The fourth-order valence-electron chi connectivity index (χ4n) is 3.36. The SMILES string of the molecule is CC1CCCC(N2C(=O)c3ccc(C(=O)O)cc3C2=O)C1. The Labute approximate surface area is 122 Å². The molecule has 1 aromatic carbocycles. The smallest absolute Gasteiger partial charge is 0.335 e. The second-order valence-electron chi connectivity index (χ2n) is 5.97. The number of aromatic carboxylic acids is 1. The first kappa shape index (κ1) is 13.8. The maximum atomic E-state index is 12.5. The summed E-state index contributed by atoms with van der Waals surface area (Å²) in [5.41, 5.74) is 0.579. The highest BCUT2D eigenvalue weighted by molar-refractivity contribution is 6.22. The summed E-state index contributed by atoms with van der Waals surface area (Å²) in [6, 6.07) is 4.07. The van der Waals surface area contributed by atoms with Crippen LogP contribution in [0.3, 0.4) is 0 Å². The van der Waals surface area contributed by atoms with Crippen LogP contribution in [0, 0.1) is 5.92 Å². The molecule has 1 aliphatic heterocycles. The fraction of sp³-hybridized carbons (Fsp3) is 0.438. The standard InChI is InChI=1S/C16H17NO4/c1-9-3-2-4-11(7-9)17-14(18)12-6-5-10(16(20)21)8-13(12)15(17)19/h5-6,8-9,11H,2-4,7H2,1H3,(H,20,21). The number of benzene rings is 1. The quantitative estimate of drug-likeness (QED) is 0.848. The highest BCUT2D eigenvalue weighted by Crippen LogP contribution is 2.33. The summed E-state index contributed by atoms with van der Waals surface area (Å²) in [7, 11) is 0. The van der Waals surface area contributed by atoms with Crippen LogP contribution in [0.15, 0.2) is 18.2 Å². The third kappa shape index (κ3) is 2.22. The second kappa shape index (κ2) is 4.98. The van der Waals surface area contributed by atoms with E-state index >= 15 is 0 Å². The Morgan fingerprint density at radius 3 is 2.57 bits per heavy atom. The van der Waals surface area contributed by atoms with Crippen molar-refractivity contribution >= 4 is 17.8 Å². The van der Waals surface area contributed by atoms with Gasteiger partial charge < -0.3 is 5.11 Å². The van der Waals surface area contributed by atoms with Gasteiger partial charge in [0, 0.05) is 6.04 Å². The van der Waals surface area contributed by atoms with Crippen LogP contribution in [0.25, 0.3) is 0 Å². The van der Waals surface area contributed by atoms with Crippen LogP contribution in [0.5, 0.6) is 0 Å². The molecule has 2 atom stereocenters. The van der Waals surface area contributed by atoms with E-state index in [1.165, 1.54) is 23.1 Å². The number of carbonyl (C=O) groups excluding carboxylic acids is 2. The number of fused-ring (bicyclic) bond motifs is 1. The van der Waals surface area contributed by atoms with Crippen molar-refractivity contribution in [2.75, 3.05) is 0 Å². The molecule has 0 aromatic heterocycles. The minimum Gasteiger partial charge on any atom is -0.478 e. The first-order valence-corrected chi connectivity index (χ1v) is 7.24. The summed E-state index contributed by atoms with van der Waals surface area (Å²) in [5.74, 6) is -1.23. The van der Waals surface area contributed by atoms with Crippen LogP contribution in [-0.4, -0.2) is 33.8 Å². The molecule has 2 amide bonds. The van der Waals surface area contributed by atoms with Crippen molar-refractivity contribution in [2.24, 2.45) is 5.92 Å². The zero-order valence-corrected chi connectivity index (χ0v) is 11.8. The molecule has 0 saturated heterocycles. The van der Waals surface area contributed by atoms with Gasteiger partial charge in [-0.2, -0.15) is 0 Å². The molecule has 5 nitrogen and oxygen atoms in total. The summed E-state index contributed by atoms with van der Waals surface area (Å²) in [5, 5.41) is 9.01. The van der Waals surface area contributed by atoms with Crippen molar-refractivity contribution in [1.82, 2.24) is 4.90 Å². The average Bonchev–Trinajstić information content (AvgIpc) is 2.70. The van der Waals surface area contributed by atoms with Crippen molar-refractivity contribution in [1.29, 1.82) is 0 Å². The van der Waals surface area contributed by atoms with E-state index < -0.39 is 5.97 Å². The molecule has 0 spiro atoms. The molecule has 110 valence electrons. The number of hydrogen-bond donors (Lipinski definition) is 1. The van der Waals surface area contributed by atoms with Crippen LogP contribution in [0.4, 0.5) is 0 Å². The summed E-state index contributed by atoms with van der Waals surface area (Å²) >= 11 is 0. The second-order valence-corrected chi connectivity index (χ2v) is 5.97. The lowest BCUT2D eigenvalue weighted by Crippen LogP contribution is -2.42. The number of carboxylic acids is 1. The van der Waals surface area contributed by atoms with Crippen molar-refractivity contribution in [2.45, 2.75) is 38.6 Å². The van der Waals surface area contributed by atoms with Gasteiger partial charge in [0.1, 0.15) is 0 Å². The van der Waals surface area contributed by atoms with Gasteiger partial charge in [0.25, 0.3) is 11.8 Å². The van der Waals surface area contributed by atoms with Gasteiger partial charge in [0.2, 0.25) is 0 Å². The fourth-order valence-corrected chi connectivity index (χ4v) is 3.36. The third-order valence-electron chi connectivity index (χ3n) is 4.44. The van der Waals surface area contributed by atoms with Crippen molar-refractivity contribution in [3.8, 4) is 0 Å². The Morgan fingerprint density at radius 1 is 1.19 bits per heavy atom. The molecule has 0 bridgehead atoms. The average molecular weight is 287 g/mol. The minimum absolute atomic E-state index is 0.0359. The minimum atomic E-state index is -1.09. The van der Waals surface area contributed by atoms with E-state index in [0.717, 1.165) is 25.7 Å². The number of nitrogens with zero attached hydrogens (tertiary/aromatic N) is 1. The summed E-state index contributed by atoms with van der Waals surface area (Å²) in [6.45, 7) is 2.13. The molecule has 2 unspecified atom stereocenters. The zero-order chi connectivity index (χ0) is 15.1. The van der Waals surface area contributed by atoms with Gasteiger partial charge in [0.15, 0.2) is 0 Å². The van der Waals surface area contributed by atoms with Gasteiger partial charge >= 0.3 is 5.97 Å². The van der Waals surface area contributed by atoms with E-state index in [0.29, 0.717) is 11.5 Å². The molecule has 1 aliphatic carbocycles. The van der Waals surface area contributed by atoms with Gasteiger partial charge in [-0.15, -0.1) is 0 Å². The molecule has 5 heteroatoms. The normalized spacial score (nSPS) is 25.1. The lowest BCUT2D eigenvalue weighted by molar-refractivity contribution is 0.0526. The largest absolute Gasteiger partial charge is 0.478 e. The van der Waals surface area contributed by atoms with Crippen LogP contribution < -0.4 is 0 Å². The molecule has 1 fully saturated rings. The van der Waals surface area contributed by atoms with Crippen molar-refractivity contribution < 1.29 is 19.5 Å². The van der Waals surface area contributed by atoms with E-state index in [1.54, 1.807) is 0 Å². The predicted molar refractivity (Wildman–Crippen MR) is 75.3 cm³/mol. The lowest BCUT2D eigenvalue weighted by atomic mass is 9.86. The monoisotopic (exact) mass is 287 g/mol. The van der Waals surface area contributed by atoms with Gasteiger partial charge in [-0.05, 0) is 37.0 Å². The lowest BCUT2D eigenvalue weighted by Gasteiger charge is -2.32. The third-order valence-corrected chi connectivity index (χ3v) is 4.44. The van der Waals surface area contributed by atoms with Crippen LogP contribution >= 0.6 is 0 Å². The molecule has 1 saturated carbocycles. The molecule has 0 radical (unpaired) electrons. The first-order valence-electron chi connectivity index (χ1n) is 7.24. The molecule has 1 aromatic rings. The van der Waals surface area contributed by atoms with Gasteiger partial charge in [-0.1, -0.05) is 19.8 Å². The highest BCUT2D eigenvalue weighted by atomic mass is 16.4. The molecular weight excluding hydrogens is 270 g/mol. The number of carbonyl (C=O) groups is 3. The molecular formula is C16H17NO4. The van der Waals surface area contributed by atoms with Crippen molar-refractivity contribution in [3.63, 3.8) is 0 Å². The molecule has 3 rings (SSSR count). The maximum absolute atomic E-state index is 12.5. The molecule has 1 heterocycles. The number of imide groups is 1. The molecule has 1 N–H and O–H groups in total. The highest BCUT2D eigenvalue weighted by Gasteiger charge is 2.41. The molecule has 2 aliphatic rings. The Bertz CT molecular complexity index is 637. The number of carboxylic acid groups (broad SMARTS) is 1. The van der Waals surface area contributed by atoms with Crippen LogP contribution in [-0.2, 0) is 0 Å². The van der Waals surface area contributed by atoms with E-state index in [-0.39, 0.29) is 29.0 Å². The van der Waals surface area contributed by atoms with Gasteiger partial charge in [0.05, 0.1) is 16.7 Å². The van der Waals surface area contributed by atoms with Crippen LogP contribution in [0.1, 0.15) is 63.7 Å². The maximum Gasteiger partial charge on any atom is 0.335 e. The Hall–Kier alpha value is -2.17.